The smallest absolute Gasteiger partial charge is 0.317 e. The Morgan fingerprint density at radius 1 is 1.21 bits per heavy atom. The molecule has 0 aromatic heterocycles. The van der Waals surface area contributed by atoms with Gasteiger partial charge in [-0.1, -0.05) is 25.1 Å². The Balaban J connectivity index is 1.97. The molecule has 128 valence electrons. The van der Waals surface area contributed by atoms with Crippen LogP contribution in [0.1, 0.15) is 12.5 Å². The number of hydrogen-bond acceptors (Lipinski definition) is 3. The molecule has 0 spiro atoms. The summed E-state index contributed by atoms with van der Waals surface area (Å²) in [5, 5.41) is 13.8. The van der Waals surface area contributed by atoms with Crippen molar-refractivity contribution in [1.82, 2.24) is 10.2 Å². The van der Waals surface area contributed by atoms with E-state index in [2.05, 4.69) is 5.32 Å². The average molecular weight is 330 g/mol. The molecule has 2 aromatic rings. The summed E-state index contributed by atoms with van der Waals surface area (Å²) < 4.78 is 5.20. The lowest BCUT2D eigenvalue weighted by Crippen LogP contribution is -2.40. The predicted molar refractivity (Wildman–Crippen MR) is 92.2 cm³/mol. The van der Waals surface area contributed by atoms with Crippen molar-refractivity contribution in [3.05, 3.63) is 42.0 Å². The largest absolute Gasteiger partial charge is 0.497 e. The summed E-state index contributed by atoms with van der Waals surface area (Å²) in [5.74, 6) is -0.714. The van der Waals surface area contributed by atoms with Gasteiger partial charge in [-0.25, -0.2) is 4.79 Å². The average Bonchev–Trinajstić information content (AvgIpc) is 2.58. The Bertz CT molecular complexity index is 745. The second-order valence-electron chi connectivity index (χ2n) is 5.83. The van der Waals surface area contributed by atoms with E-state index in [0.29, 0.717) is 6.54 Å². The number of aliphatic carboxylic acids is 1. The molecule has 0 aliphatic carbocycles. The van der Waals surface area contributed by atoms with Crippen LogP contribution in [0.3, 0.4) is 0 Å². The van der Waals surface area contributed by atoms with E-state index < -0.39 is 11.9 Å². The van der Waals surface area contributed by atoms with Crippen LogP contribution in [0.2, 0.25) is 0 Å². The van der Waals surface area contributed by atoms with Crippen molar-refractivity contribution in [2.75, 3.05) is 20.7 Å². The van der Waals surface area contributed by atoms with Gasteiger partial charge in [-0.2, -0.15) is 0 Å². The minimum Gasteiger partial charge on any atom is -0.497 e. The van der Waals surface area contributed by atoms with Crippen molar-refractivity contribution in [1.29, 1.82) is 0 Å². The molecule has 0 heterocycles. The molecule has 0 saturated carbocycles. The van der Waals surface area contributed by atoms with E-state index in [1.54, 1.807) is 21.1 Å². The normalized spacial score (nSPS) is 11.8. The number of carbonyl (C=O) groups is 2. The molecule has 2 amide bonds. The van der Waals surface area contributed by atoms with Gasteiger partial charge in [0.2, 0.25) is 0 Å². The Kier molecular flexibility index (Phi) is 5.63. The number of carbonyl (C=O) groups excluding carboxylic acids is 1. The lowest BCUT2D eigenvalue weighted by Gasteiger charge is -2.20. The second-order valence-corrected chi connectivity index (χ2v) is 5.83. The lowest BCUT2D eigenvalue weighted by atomic mass is 10.1. The molecule has 24 heavy (non-hydrogen) atoms. The topological polar surface area (TPSA) is 78.9 Å². The molecule has 2 rings (SSSR count). The van der Waals surface area contributed by atoms with Crippen LogP contribution in [-0.2, 0) is 11.3 Å². The van der Waals surface area contributed by atoms with Crippen molar-refractivity contribution in [3.8, 4) is 5.75 Å². The molecule has 6 nitrogen and oxygen atoms in total. The Morgan fingerprint density at radius 3 is 2.54 bits per heavy atom. The Labute approximate surface area is 141 Å². The molecular formula is C18H22N2O4. The number of nitrogens with one attached hydrogen (secondary N) is 1. The summed E-state index contributed by atoms with van der Waals surface area (Å²) in [6.45, 7) is 2.12. The molecule has 2 N–H and O–H groups in total. The fourth-order valence-corrected chi connectivity index (χ4v) is 2.39. The van der Waals surface area contributed by atoms with Gasteiger partial charge in [0.25, 0.3) is 0 Å². The number of amides is 2. The third kappa shape index (κ3) is 4.38. The third-order valence-electron chi connectivity index (χ3n) is 3.87. The molecule has 6 heteroatoms. The van der Waals surface area contributed by atoms with Crippen LogP contribution < -0.4 is 10.1 Å². The fourth-order valence-electron chi connectivity index (χ4n) is 2.39. The molecule has 0 bridgehead atoms. The summed E-state index contributed by atoms with van der Waals surface area (Å²) in [6, 6.07) is 11.5. The first-order chi connectivity index (χ1) is 11.4. The van der Waals surface area contributed by atoms with E-state index in [9.17, 15) is 9.59 Å². The van der Waals surface area contributed by atoms with Crippen molar-refractivity contribution in [2.45, 2.75) is 13.5 Å². The van der Waals surface area contributed by atoms with Crippen LogP contribution in [0.25, 0.3) is 10.8 Å². The highest BCUT2D eigenvalue weighted by Crippen LogP contribution is 2.21. The maximum Gasteiger partial charge on any atom is 0.317 e. The number of urea groups is 1. The predicted octanol–water partition coefficient (Wildman–Crippen LogP) is 2.71. The first kappa shape index (κ1) is 17.6. The number of nitrogens with zero attached hydrogens (tertiary/aromatic N) is 1. The molecular weight excluding hydrogens is 308 g/mol. The van der Waals surface area contributed by atoms with E-state index in [1.165, 1.54) is 4.90 Å². The number of carboxylic acid groups (broad SMARTS) is 1. The second kappa shape index (κ2) is 7.68. The number of methoxy groups -OCH3 is 1. The molecule has 0 fully saturated rings. The van der Waals surface area contributed by atoms with E-state index >= 15 is 0 Å². The number of fused-ring (bicyclic) bond motifs is 1. The fraction of sp³-hybridized carbons (Fsp3) is 0.333. The van der Waals surface area contributed by atoms with Crippen LogP contribution in [-0.4, -0.2) is 42.7 Å². The van der Waals surface area contributed by atoms with Crippen molar-refractivity contribution < 1.29 is 19.4 Å². The molecule has 2 aromatic carbocycles. The van der Waals surface area contributed by atoms with E-state index in [-0.39, 0.29) is 12.6 Å². The zero-order chi connectivity index (χ0) is 17.7. The highest BCUT2D eigenvalue weighted by atomic mass is 16.5. The molecule has 1 atom stereocenters. The number of benzene rings is 2. The lowest BCUT2D eigenvalue weighted by molar-refractivity contribution is -0.141. The summed E-state index contributed by atoms with van der Waals surface area (Å²) in [5.41, 5.74) is 0.973. The summed E-state index contributed by atoms with van der Waals surface area (Å²) >= 11 is 0. The van der Waals surface area contributed by atoms with Crippen LogP contribution in [0.4, 0.5) is 4.79 Å². The van der Waals surface area contributed by atoms with Gasteiger partial charge in [-0.05, 0) is 34.5 Å². The van der Waals surface area contributed by atoms with Crippen LogP contribution in [0.5, 0.6) is 5.75 Å². The summed E-state index contributed by atoms with van der Waals surface area (Å²) in [6.07, 6.45) is 0. The molecule has 0 aliphatic rings. The molecule has 0 radical (unpaired) electrons. The SMILES string of the molecule is COc1ccc2cc(CNC(=O)N(C)CC(C)C(=O)O)ccc2c1. The van der Waals surface area contributed by atoms with Gasteiger partial charge >= 0.3 is 12.0 Å². The van der Waals surface area contributed by atoms with Gasteiger partial charge in [0, 0.05) is 20.1 Å². The standard InChI is InChI=1S/C18H22N2O4/c1-12(17(21)22)11-20(2)18(23)19-10-13-4-5-15-9-16(24-3)7-6-14(15)8-13/h4-9,12H,10-11H2,1-3H3,(H,19,23)(H,21,22). The monoisotopic (exact) mass is 330 g/mol. The minimum atomic E-state index is -0.917. The number of carboxylic acids is 1. The molecule has 0 aliphatic heterocycles. The Morgan fingerprint density at radius 2 is 1.88 bits per heavy atom. The Hall–Kier alpha value is -2.76. The maximum atomic E-state index is 12.0. The zero-order valence-corrected chi connectivity index (χ0v) is 14.1. The van der Waals surface area contributed by atoms with Gasteiger partial charge in [0.15, 0.2) is 0 Å². The quantitative estimate of drug-likeness (QED) is 0.853. The maximum absolute atomic E-state index is 12.0. The highest BCUT2D eigenvalue weighted by Gasteiger charge is 2.17. The van der Waals surface area contributed by atoms with Gasteiger partial charge in [-0.15, -0.1) is 0 Å². The molecule has 1 unspecified atom stereocenters. The number of rotatable bonds is 6. The van der Waals surface area contributed by atoms with Gasteiger partial charge in [-0.3, -0.25) is 4.79 Å². The van der Waals surface area contributed by atoms with Gasteiger partial charge < -0.3 is 20.1 Å². The number of ether oxygens (including phenoxy) is 1. The van der Waals surface area contributed by atoms with E-state index in [1.807, 2.05) is 36.4 Å². The number of hydrogen-bond donors (Lipinski definition) is 2. The van der Waals surface area contributed by atoms with Crippen molar-refractivity contribution in [2.24, 2.45) is 5.92 Å². The third-order valence-corrected chi connectivity index (χ3v) is 3.87. The van der Waals surface area contributed by atoms with Gasteiger partial charge in [0.05, 0.1) is 13.0 Å². The molecule has 0 saturated heterocycles. The van der Waals surface area contributed by atoms with Gasteiger partial charge in [0.1, 0.15) is 5.75 Å². The highest BCUT2D eigenvalue weighted by molar-refractivity contribution is 5.84. The first-order valence-corrected chi connectivity index (χ1v) is 7.69. The van der Waals surface area contributed by atoms with E-state index in [0.717, 1.165) is 22.1 Å². The first-order valence-electron chi connectivity index (χ1n) is 7.69. The van der Waals surface area contributed by atoms with Crippen LogP contribution in [0.15, 0.2) is 36.4 Å². The van der Waals surface area contributed by atoms with E-state index in [4.69, 9.17) is 9.84 Å². The van der Waals surface area contributed by atoms with Crippen molar-refractivity contribution in [3.63, 3.8) is 0 Å². The summed E-state index contributed by atoms with van der Waals surface area (Å²) in [4.78, 5) is 24.2. The van der Waals surface area contributed by atoms with Crippen LogP contribution >= 0.6 is 0 Å². The van der Waals surface area contributed by atoms with Crippen molar-refractivity contribution >= 4 is 22.8 Å². The zero-order valence-electron chi connectivity index (χ0n) is 14.1. The van der Waals surface area contributed by atoms with Crippen LogP contribution in [0, 0.1) is 5.92 Å². The minimum absolute atomic E-state index is 0.165. The summed E-state index contributed by atoms with van der Waals surface area (Å²) in [7, 11) is 3.22.